The molecule has 14 heavy (non-hydrogen) atoms. The first-order valence-electron chi connectivity index (χ1n) is 4.04. The van der Waals surface area contributed by atoms with Crippen LogP contribution in [0.2, 0.25) is 0 Å². The molecule has 0 aromatic rings. The van der Waals surface area contributed by atoms with E-state index in [0.29, 0.717) is 19.1 Å². The van der Waals surface area contributed by atoms with Crippen LogP contribution in [0.1, 0.15) is 0 Å². The van der Waals surface area contributed by atoms with E-state index in [0.717, 1.165) is 13.1 Å². The highest BCUT2D eigenvalue weighted by Gasteiger charge is 2.40. The van der Waals surface area contributed by atoms with Crippen LogP contribution in [-0.2, 0) is 10.0 Å². The number of primary sulfonamides is 1. The fourth-order valence-electron chi connectivity index (χ4n) is 1.51. The summed E-state index contributed by atoms with van der Waals surface area (Å²) in [5, 5.41) is 7.81. The van der Waals surface area contributed by atoms with Gasteiger partial charge in [0.05, 0.1) is 0 Å². The van der Waals surface area contributed by atoms with E-state index in [-0.39, 0.29) is 30.1 Å². The Kier molecular flexibility index (Phi) is 5.10. The summed E-state index contributed by atoms with van der Waals surface area (Å²) in [4.78, 5) is 2.16. The average Bonchev–Trinajstić information content (AvgIpc) is 1.67. The third kappa shape index (κ3) is 2.71. The van der Waals surface area contributed by atoms with Crippen molar-refractivity contribution in [2.75, 3.05) is 26.2 Å². The van der Waals surface area contributed by atoms with Crippen LogP contribution in [0, 0.1) is 0 Å². The molecule has 0 aromatic heterocycles. The molecule has 8 heteroatoms. The number of nitrogens with two attached hydrogens (primary N) is 1. The van der Waals surface area contributed by atoms with Crippen molar-refractivity contribution in [3.63, 3.8) is 0 Å². The molecule has 2 fully saturated rings. The van der Waals surface area contributed by atoms with Gasteiger partial charge in [0, 0.05) is 32.2 Å². The molecule has 2 aliphatic rings. The predicted octanol–water partition coefficient (Wildman–Crippen LogP) is -1.23. The van der Waals surface area contributed by atoms with Crippen molar-refractivity contribution in [2.45, 2.75) is 11.3 Å². The molecule has 86 valence electrons. The number of hydrogen-bond acceptors (Lipinski definition) is 4. The number of halogens is 2. The summed E-state index contributed by atoms with van der Waals surface area (Å²) < 4.78 is 21.6. The van der Waals surface area contributed by atoms with Crippen molar-refractivity contribution in [3.8, 4) is 0 Å². The van der Waals surface area contributed by atoms with Gasteiger partial charge in [-0.1, -0.05) is 0 Å². The van der Waals surface area contributed by atoms with Crippen LogP contribution >= 0.6 is 24.8 Å². The van der Waals surface area contributed by atoms with Crippen molar-refractivity contribution >= 4 is 34.8 Å². The molecule has 3 N–H and O–H groups in total. The van der Waals surface area contributed by atoms with E-state index in [1.165, 1.54) is 0 Å². The van der Waals surface area contributed by atoms with Crippen LogP contribution in [0.5, 0.6) is 0 Å². The zero-order valence-corrected chi connectivity index (χ0v) is 10.00. The van der Waals surface area contributed by atoms with Crippen LogP contribution in [-0.4, -0.2) is 50.8 Å². The van der Waals surface area contributed by atoms with Crippen molar-refractivity contribution < 1.29 is 8.42 Å². The molecular formula is C6H15Cl2N3O2S. The standard InChI is InChI=1S/C6H13N3O2S.2ClH/c7-12(10,11)6-3-9(4-6)5-1-8-2-5;;/h5-6,8H,1-4H2,(H2,7,10,11);2*1H. The van der Waals surface area contributed by atoms with Gasteiger partial charge in [-0.2, -0.15) is 0 Å². The highest BCUT2D eigenvalue weighted by Crippen LogP contribution is 2.18. The number of nitrogens with one attached hydrogen (secondary N) is 1. The summed E-state index contributed by atoms with van der Waals surface area (Å²) >= 11 is 0. The summed E-state index contributed by atoms with van der Waals surface area (Å²) in [7, 11) is -3.28. The summed E-state index contributed by atoms with van der Waals surface area (Å²) in [6.07, 6.45) is 0. The Morgan fingerprint density at radius 2 is 1.71 bits per heavy atom. The van der Waals surface area contributed by atoms with Gasteiger partial charge in [-0.05, 0) is 0 Å². The lowest BCUT2D eigenvalue weighted by Crippen LogP contribution is -2.67. The van der Waals surface area contributed by atoms with Crippen molar-refractivity contribution in [2.24, 2.45) is 5.14 Å². The molecule has 2 aliphatic heterocycles. The molecular weight excluding hydrogens is 249 g/mol. The fourth-order valence-corrected chi connectivity index (χ4v) is 2.31. The molecule has 0 radical (unpaired) electrons. The van der Waals surface area contributed by atoms with Gasteiger partial charge in [0.15, 0.2) is 0 Å². The molecule has 2 heterocycles. The van der Waals surface area contributed by atoms with Gasteiger partial charge >= 0.3 is 0 Å². The lowest BCUT2D eigenvalue weighted by Gasteiger charge is -2.46. The van der Waals surface area contributed by atoms with Gasteiger partial charge in [0.1, 0.15) is 5.25 Å². The zero-order chi connectivity index (χ0) is 8.77. The van der Waals surface area contributed by atoms with E-state index in [9.17, 15) is 8.42 Å². The Balaban J connectivity index is 0.000000845. The van der Waals surface area contributed by atoms with Gasteiger partial charge in [0.25, 0.3) is 0 Å². The monoisotopic (exact) mass is 263 g/mol. The van der Waals surface area contributed by atoms with E-state index in [2.05, 4.69) is 10.2 Å². The Labute approximate surface area is 96.3 Å². The summed E-state index contributed by atoms with van der Waals surface area (Å²) in [5.41, 5.74) is 0. The lowest BCUT2D eigenvalue weighted by molar-refractivity contribution is 0.0858. The summed E-state index contributed by atoms with van der Waals surface area (Å²) in [5.74, 6) is 0. The van der Waals surface area contributed by atoms with E-state index in [4.69, 9.17) is 5.14 Å². The van der Waals surface area contributed by atoms with Crippen molar-refractivity contribution in [3.05, 3.63) is 0 Å². The second-order valence-electron chi connectivity index (χ2n) is 3.48. The highest BCUT2D eigenvalue weighted by atomic mass is 35.5. The molecule has 0 unspecified atom stereocenters. The summed E-state index contributed by atoms with van der Waals surface area (Å²) in [6.45, 7) is 3.20. The molecule has 0 aromatic carbocycles. The maximum absolute atomic E-state index is 10.8. The van der Waals surface area contributed by atoms with Crippen molar-refractivity contribution in [1.82, 2.24) is 10.2 Å². The minimum atomic E-state index is -3.28. The van der Waals surface area contributed by atoms with Crippen LogP contribution < -0.4 is 10.5 Å². The topological polar surface area (TPSA) is 75.4 Å². The molecule has 0 amide bonds. The summed E-state index contributed by atoms with van der Waals surface area (Å²) in [6, 6.07) is 0.544. The maximum atomic E-state index is 10.8. The second kappa shape index (κ2) is 4.96. The lowest BCUT2D eigenvalue weighted by atomic mass is 10.1. The molecule has 0 atom stereocenters. The Morgan fingerprint density at radius 3 is 2.00 bits per heavy atom. The Hall–Kier alpha value is 0.410. The normalized spacial score (nSPS) is 24.1. The van der Waals surface area contributed by atoms with E-state index in [1.54, 1.807) is 0 Å². The number of sulfonamides is 1. The van der Waals surface area contributed by atoms with Gasteiger partial charge in [0.2, 0.25) is 10.0 Å². The Bertz CT molecular complexity index is 275. The first-order valence-corrected chi connectivity index (χ1v) is 5.64. The fraction of sp³-hybridized carbons (Fsp3) is 1.00. The molecule has 0 bridgehead atoms. The molecule has 0 saturated carbocycles. The molecule has 2 saturated heterocycles. The SMILES string of the molecule is Cl.Cl.NS(=O)(=O)C1CN(C2CNC2)C1. The first kappa shape index (κ1) is 14.4. The maximum Gasteiger partial charge on any atom is 0.214 e. The third-order valence-electron chi connectivity index (χ3n) is 2.62. The second-order valence-corrected chi connectivity index (χ2v) is 5.32. The number of likely N-dealkylation sites (tertiary alicyclic amines) is 1. The number of hydrogen-bond donors (Lipinski definition) is 2. The third-order valence-corrected chi connectivity index (χ3v) is 3.84. The van der Waals surface area contributed by atoms with Crippen LogP contribution in [0.15, 0.2) is 0 Å². The minimum Gasteiger partial charge on any atom is -0.314 e. The quantitative estimate of drug-likeness (QED) is 0.655. The molecule has 2 rings (SSSR count). The van der Waals surface area contributed by atoms with E-state index in [1.807, 2.05) is 0 Å². The van der Waals surface area contributed by atoms with Crippen LogP contribution in [0.3, 0.4) is 0 Å². The Morgan fingerprint density at radius 1 is 1.21 bits per heavy atom. The first-order chi connectivity index (χ1) is 5.57. The highest BCUT2D eigenvalue weighted by molar-refractivity contribution is 7.89. The zero-order valence-electron chi connectivity index (χ0n) is 7.55. The van der Waals surface area contributed by atoms with Crippen LogP contribution in [0.4, 0.5) is 0 Å². The van der Waals surface area contributed by atoms with E-state index < -0.39 is 10.0 Å². The molecule has 5 nitrogen and oxygen atoms in total. The molecule has 0 spiro atoms. The van der Waals surface area contributed by atoms with Gasteiger partial charge in [-0.15, -0.1) is 24.8 Å². The largest absolute Gasteiger partial charge is 0.314 e. The smallest absolute Gasteiger partial charge is 0.214 e. The van der Waals surface area contributed by atoms with E-state index >= 15 is 0 Å². The van der Waals surface area contributed by atoms with Gasteiger partial charge in [-0.3, -0.25) is 4.90 Å². The van der Waals surface area contributed by atoms with Gasteiger partial charge in [-0.25, -0.2) is 13.6 Å². The van der Waals surface area contributed by atoms with Gasteiger partial charge < -0.3 is 5.32 Å². The van der Waals surface area contributed by atoms with Crippen molar-refractivity contribution in [1.29, 1.82) is 0 Å². The minimum absolute atomic E-state index is 0. The molecule has 0 aliphatic carbocycles. The number of rotatable bonds is 2. The van der Waals surface area contributed by atoms with Crippen LogP contribution in [0.25, 0.3) is 0 Å². The average molecular weight is 264 g/mol. The number of nitrogens with zero attached hydrogens (tertiary/aromatic N) is 1. The predicted molar refractivity (Wildman–Crippen MR) is 59.6 cm³/mol.